The number of benzene rings is 1. The molecule has 0 amide bonds. The van der Waals surface area contributed by atoms with Crippen LogP contribution in [0.4, 0.5) is 5.69 Å². The van der Waals surface area contributed by atoms with Crippen molar-refractivity contribution >= 4 is 5.69 Å². The van der Waals surface area contributed by atoms with Crippen LogP contribution in [-0.4, -0.2) is 18.3 Å². The van der Waals surface area contributed by atoms with Crippen LogP contribution in [0.5, 0.6) is 0 Å². The highest BCUT2D eigenvalue weighted by Gasteiger charge is 2.06. The number of hydrogen-bond acceptors (Lipinski definition) is 3. The fourth-order valence-electron chi connectivity index (χ4n) is 1.26. The molecule has 1 unspecified atom stereocenters. The van der Waals surface area contributed by atoms with E-state index in [2.05, 4.69) is 6.92 Å². The summed E-state index contributed by atoms with van der Waals surface area (Å²) in [5.41, 5.74) is 7.11. The number of nitrogens with two attached hydrogens (primary N) is 1. The molecule has 3 N–H and O–H groups in total. The third-order valence-corrected chi connectivity index (χ3v) is 2.24. The number of unbranched alkanes of at least 4 members (excludes halogenated alkanes) is 1. The number of anilines is 1. The molecule has 3 heteroatoms. The summed E-state index contributed by atoms with van der Waals surface area (Å²) in [6, 6.07) is 7.21. The smallest absolute Gasteiger partial charge is 0.102 e. The largest absolute Gasteiger partial charge is 0.399 e. The molecule has 1 rings (SSSR count). The Labute approximate surface area is 90.9 Å². The predicted octanol–water partition coefficient (Wildman–Crippen LogP) is 2.12. The van der Waals surface area contributed by atoms with Crippen molar-refractivity contribution in [1.82, 2.24) is 0 Å². The summed E-state index contributed by atoms with van der Waals surface area (Å²) in [7, 11) is 0. The van der Waals surface area contributed by atoms with Crippen LogP contribution in [0.1, 0.15) is 31.4 Å². The van der Waals surface area contributed by atoms with E-state index in [1.165, 1.54) is 0 Å². The molecule has 0 saturated heterocycles. The first-order valence-corrected chi connectivity index (χ1v) is 5.35. The van der Waals surface area contributed by atoms with E-state index < -0.39 is 6.10 Å². The average molecular weight is 209 g/mol. The quantitative estimate of drug-likeness (QED) is 0.557. The van der Waals surface area contributed by atoms with Gasteiger partial charge in [-0.25, -0.2) is 0 Å². The number of rotatable bonds is 6. The number of ether oxygens (including phenoxy) is 1. The lowest BCUT2D eigenvalue weighted by atomic mass is 10.1. The summed E-state index contributed by atoms with van der Waals surface area (Å²) in [6.07, 6.45) is 1.59. The van der Waals surface area contributed by atoms with Crippen molar-refractivity contribution in [3.8, 4) is 0 Å². The van der Waals surface area contributed by atoms with Crippen molar-refractivity contribution in [1.29, 1.82) is 0 Å². The van der Waals surface area contributed by atoms with E-state index in [9.17, 15) is 5.11 Å². The fraction of sp³-hybridized carbons (Fsp3) is 0.500. The van der Waals surface area contributed by atoms with Crippen molar-refractivity contribution in [2.45, 2.75) is 25.9 Å². The summed E-state index contributed by atoms with van der Waals surface area (Å²) in [5, 5.41) is 9.74. The molecule has 0 saturated carbocycles. The number of aliphatic hydroxyl groups excluding tert-OH is 1. The van der Waals surface area contributed by atoms with Gasteiger partial charge in [0.15, 0.2) is 0 Å². The molecule has 0 spiro atoms. The maximum absolute atomic E-state index is 9.74. The molecule has 0 heterocycles. The van der Waals surface area contributed by atoms with Crippen LogP contribution >= 0.6 is 0 Å². The highest BCUT2D eigenvalue weighted by Crippen LogP contribution is 2.14. The molecular formula is C12H19NO2. The monoisotopic (exact) mass is 209 g/mol. The molecule has 0 fully saturated rings. The Bertz CT molecular complexity index is 271. The SMILES string of the molecule is CCCCOCC(O)c1ccc(N)cc1. The van der Waals surface area contributed by atoms with Crippen molar-refractivity contribution in [2.75, 3.05) is 18.9 Å². The van der Waals surface area contributed by atoms with Crippen LogP contribution in [0.25, 0.3) is 0 Å². The van der Waals surface area contributed by atoms with Gasteiger partial charge >= 0.3 is 0 Å². The van der Waals surface area contributed by atoms with E-state index in [1.807, 2.05) is 12.1 Å². The minimum atomic E-state index is -0.553. The summed E-state index contributed by atoms with van der Waals surface area (Å²) in [6.45, 7) is 3.17. The van der Waals surface area contributed by atoms with Gasteiger partial charge in [0.05, 0.1) is 6.61 Å². The summed E-state index contributed by atoms with van der Waals surface area (Å²) < 4.78 is 5.34. The zero-order chi connectivity index (χ0) is 11.1. The van der Waals surface area contributed by atoms with E-state index >= 15 is 0 Å². The van der Waals surface area contributed by atoms with Crippen molar-refractivity contribution in [3.63, 3.8) is 0 Å². The normalized spacial score (nSPS) is 12.7. The number of nitrogen functional groups attached to an aromatic ring is 1. The molecule has 0 aliphatic heterocycles. The van der Waals surface area contributed by atoms with E-state index in [4.69, 9.17) is 10.5 Å². The van der Waals surface area contributed by atoms with Crippen molar-refractivity contribution < 1.29 is 9.84 Å². The standard InChI is InChI=1S/C12H19NO2/c1-2-3-8-15-9-12(14)10-4-6-11(13)7-5-10/h4-7,12,14H,2-3,8-9,13H2,1H3. The lowest BCUT2D eigenvalue weighted by Crippen LogP contribution is -2.08. The van der Waals surface area contributed by atoms with Crippen LogP contribution in [0.2, 0.25) is 0 Å². The second kappa shape index (κ2) is 6.43. The van der Waals surface area contributed by atoms with E-state index in [0.29, 0.717) is 18.9 Å². The van der Waals surface area contributed by atoms with Gasteiger partial charge in [0.1, 0.15) is 6.10 Å². The van der Waals surface area contributed by atoms with Gasteiger partial charge in [-0.2, -0.15) is 0 Å². The van der Waals surface area contributed by atoms with Gasteiger partial charge in [0.25, 0.3) is 0 Å². The first-order chi connectivity index (χ1) is 7.24. The van der Waals surface area contributed by atoms with Gasteiger partial charge in [-0.1, -0.05) is 25.5 Å². The molecule has 0 aliphatic carbocycles. The summed E-state index contributed by atoms with van der Waals surface area (Å²) in [5.74, 6) is 0. The van der Waals surface area contributed by atoms with E-state index in [1.54, 1.807) is 12.1 Å². The topological polar surface area (TPSA) is 55.5 Å². The maximum atomic E-state index is 9.74. The van der Waals surface area contributed by atoms with Gasteiger partial charge in [-0.15, -0.1) is 0 Å². The Morgan fingerprint density at radius 1 is 1.33 bits per heavy atom. The zero-order valence-corrected chi connectivity index (χ0v) is 9.15. The van der Waals surface area contributed by atoms with Crippen LogP contribution in [-0.2, 0) is 4.74 Å². The molecule has 1 aromatic carbocycles. The van der Waals surface area contributed by atoms with Gasteiger partial charge in [0, 0.05) is 12.3 Å². The van der Waals surface area contributed by atoms with Crippen molar-refractivity contribution in [3.05, 3.63) is 29.8 Å². The average Bonchev–Trinajstić information content (AvgIpc) is 2.25. The Hall–Kier alpha value is -1.06. The second-order valence-corrected chi connectivity index (χ2v) is 3.61. The van der Waals surface area contributed by atoms with Gasteiger partial charge in [-0.05, 0) is 24.1 Å². The van der Waals surface area contributed by atoms with Crippen LogP contribution in [0.3, 0.4) is 0 Å². The summed E-state index contributed by atoms with van der Waals surface area (Å²) in [4.78, 5) is 0. The van der Waals surface area contributed by atoms with Gasteiger partial charge in [0.2, 0.25) is 0 Å². The Kier molecular flexibility index (Phi) is 5.15. The van der Waals surface area contributed by atoms with Gasteiger partial charge in [-0.3, -0.25) is 0 Å². The number of hydrogen-bond donors (Lipinski definition) is 2. The number of aliphatic hydroxyl groups is 1. The Morgan fingerprint density at radius 2 is 2.00 bits per heavy atom. The lowest BCUT2D eigenvalue weighted by molar-refractivity contribution is 0.0349. The second-order valence-electron chi connectivity index (χ2n) is 3.61. The molecule has 15 heavy (non-hydrogen) atoms. The van der Waals surface area contributed by atoms with Crippen LogP contribution < -0.4 is 5.73 Å². The van der Waals surface area contributed by atoms with Crippen LogP contribution in [0.15, 0.2) is 24.3 Å². The van der Waals surface area contributed by atoms with Crippen LogP contribution in [0, 0.1) is 0 Å². The third-order valence-electron chi connectivity index (χ3n) is 2.24. The van der Waals surface area contributed by atoms with E-state index in [-0.39, 0.29) is 0 Å². The molecule has 0 aromatic heterocycles. The maximum Gasteiger partial charge on any atom is 0.102 e. The fourth-order valence-corrected chi connectivity index (χ4v) is 1.26. The molecule has 1 aromatic rings. The Morgan fingerprint density at radius 3 is 2.60 bits per heavy atom. The molecule has 1 atom stereocenters. The molecule has 0 bridgehead atoms. The van der Waals surface area contributed by atoms with E-state index in [0.717, 1.165) is 18.4 Å². The molecule has 0 radical (unpaired) electrons. The minimum Gasteiger partial charge on any atom is -0.399 e. The summed E-state index contributed by atoms with van der Waals surface area (Å²) >= 11 is 0. The van der Waals surface area contributed by atoms with Crippen molar-refractivity contribution in [2.24, 2.45) is 0 Å². The Balaban J connectivity index is 2.33. The first kappa shape index (κ1) is 12.0. The lowest BCUT2D eigenvalue weighted by Gasteiger charge is -2.11. The minimum absolute atomic E-state index is 0.351. The molecule has 0 aliphatic rings. The zero-order valence-electron chi connectivity index (χ0n) is 9.15. The highest BCUT2D eigenvalue weighted by atomic mass is 16.5. The molecular weight excluding hydrogens is 190 g/mol. The third kappa shape index (κ3) is 4.32. The van der Waals surface area contributed by atoms with Gasteiger partial charge < -0.3 is 15.6 Å². The molecule has 84 valence electrons. The highest BCUT2D eigenvalue weighted by molar-refractivity contribution is 5.39. The first-order valence-electron chi connectivity index (χ1n) is 5.35. The predicted molar refractivity (Wildman–Crippen MR) is 61.5 cm³/mol. The molecule has 3 nitrogen and oxygen atoms in total.